The Bertz CT molecular complexity index is 1350. The van der Waals surface area contributed by atoms with Crippen LogP contribution in [-0.2, 0) is 20.7 Å². The van der Waals surface area contributed by atoms with Crippen molar-refractivity contribution in [3.05, 3.63) is 51.6 Å². The number of benzene rings is 2. The minimum atomic E-state index is -2.03. The van der Waals surface area contributed by atoms with E-state index in [1.165, 1.54) is 32.2 Å². The Morgan fingerprint density at radius 1 is 1.08 bits per heavy atom. The van der Waals surface area contributed by atoms with Gasteiger partial charge in [0.15, 0.2) is 17.9 Å². The van der Waals surface area contributed by atoms with Crippen molar-refractivity contribution in [1.82, 2.24) is 0 Å². The molecule has 5 rings (SSSR count). The van der Waals surface area contributed by atoms with E-state index in [1.54, 1.807) is 0 Å². The van der Waals surface area contributed by atoms with Crippen molar-refractivity contribution in [3.8, 4) is 17.2 Å². The molecule has 1 aliphatic heterocycles. The highest BCUT2D eigenvalue weighted by atomic mass is 16.7. The van der Waals surface area contributed by atoms with Gasteiger partial charge in [-0.25, -0.2) is 0 Å². The summed E-state index contributed by atoms with van der Waals surface area (Å²) in [6, 6.07) is 4.40. The summed E-state index contributed by atoms with van der Waals surface area (Å²) in [5.74, 6) is -3.31. The maximum atomic E-state index is 13.6. The number of aliphatic hydroxyl groups excluding tert-OH is 2. The van der Waals surface area contributed by atoms with Crippen molar-refractivity contribution >= 4 is 17.3 Å². The average molecular weight is 529 g/mol. The summed E-state index contributed by atoms with van der Waals surface area (Å²) < 4.78 is 16.9. The van der Waals surface area contributed by atoms with Crippen molar-refractivity contribution in [2.75, 3.05) is 7.11 Å². The second-order valence-corrected chi connectivity index (χ2v) is 10.0. The number of methoxy groups -OCH3 is 1. The summed E-state index contributed by atoms with van der Waals surface area (Å²) in [6.45, 7) is 2.69. The number of ketones is 3. The highest BCUT2D eigenvalue weighted by Gasteiger charge is 2.49. The van der Waals surface area contributed by atoms with Crippen LogP contribution >= 0.6 is 0 Å². The monoisotopic (exact) mass is 528 g/mol. The number of Topliss-reactive ketones (excluding diaryl/α,β-unsaturated/α-hetero) is 1. The van der Waals surface area contributed by atoms with Gasteiger partial charge in [-0.05, 0) is 19.9 Å². The topological polar surface area (TPSA) is 180 Å². The Hall–Kier alpha value is -3.35. The zero-order chi connectivity index (χ0) is 27.7. The lowest BCUT2D eigenvalue weighted by Gasteiger charge is -2.41. The molecule has 6 atom stereocenters. The summed E-state index contributed by atoms with van der Waals surface area (Å²) in [5.41, 5.74) is -3.22. The number of carbonyl (C=O) groups is 3. The number of ether oxygens (including phenoxy) is 3. The van der Waals surface area contributed by atoms with E-state index in [0.29, 0.717) is 0 Å². The summed E-state index contributed by atoms with van der Waals surface area (Å²) in [6.07, 6.45) is -6.53. The van der Waals surface area contributed by atoms with E-state index in [2.05, 4.69) is 0 Å². The summed E-state index contributed by atoms with van der Waals surface area (Å²) >= 11 is 0. The van der Waals surface area contributed by atoms with E-state index < -0.39 is 82.7 Å². The molecule has 0 aromatic heterocycles. The smallest absolute Gasteiger partial charge is 0.202 e. The molecule has 0 amide bonds. The van der Waals surface area contributed by atoms with Gasteiger partial charge in [-0.1, -0.05) is 12.1 Å². The quantitative estimate of drug-likeness (QED) is 0.306. The number of rotatable bonds is 4. The first-order valence-electron chi connectivity index (χ1n) is 12.2. The fourth-order valence-electron chi connectivity index (χ4n) is 5.60. The molecule has 11 heteroatoms. The molecule has 3 aliphatic rings. The summed E-state index contributed by atoms with van der Waals surface area (Å²) in [4.78, 5) is 39.5. The Balaban J connectivity index is 1.68. The molecule has 1 saturated heterocycles. The van der Waals surface area contributed by atoms with E-state index in [0.717, 1.165) is 6.92 Å². The van der Waals surface area contributed by atoms with Gasteiger partial charge in [-0.2, -0.15) is 0 Å². The van der Waals surface area contributed by atoms with Crippen LogP contribution in [0.4, 0.5) is 0 Å². The van der Waals surface area contributed by atoms with Crippen molar-refractivity contribution in [1.29, 1.82) is 0 Å². The highest BCUT2D eigenvalue weighted by molar-refractivity contribution is 6.31. The molecule has 2 aromatic carbocycles. The molecule has 0 spiro atoms. The lowest BCUT2D eigenvalue weighted by molar-refractivity contribution is -0.265. The predicted octanol–water partition coefficient (Wildman–Crippen LogP) is 1.06. The van der Waals surface area contributed by atoms with Crippen LogP contribution in [0.3, 0.4) is 0 Å². The summed E-state index contributed by atoms with van der Waals surface area (Å²) in [7, 11) is 1.33. The zero-order valence-corrected chi connectivity index (χ0v) is 20.9. The third-order valence-corrected chi connectivity index (χ3v) is 7.72. The van der Waals surface area contributed by atoms with Crippen molar-refractivity contribution < 1.29 is 54.1 Å². The Morgan fingerprint density at radius 2 is 1.76 bits per heavy atom. The molecule has 202 valence electrons. The molecular formula is C27H28O11. The number of hydrogen-bond acceptors (Lipinski definition) is 11. The van der Waals surface area contributed by atoms with E-state index in [9.17, 15) is 39.9 Å². The predicted molar refractivity (Wildman–Crippen MR) is 128 cm³/mol. The number of phenolic OH excluding ortho intramolecular Hbond substituents is 2. The maximum absolute atomic E-state index is 13.6. The van der Waals surface area contributed by atoms with Crippen LogP contribution in [0, 0.1) is 0 Å². The van der Waals surface area contributed by atoms with Gasteiger partial charge < -0.3 is 39.7 Å². The molecule has 2 aliphatic carbocycles. The normalized spacial score (nSPS) is 30.3. The molecule has 1 heterocycles. The van der Waals surface area contributed by atoms with Crippen LogP contribution in [0.15, 0.2) is 18.2 Å². The number of carbonyl (C=O) groups excluding carboxylic acids is 3. The molecule has 0 saturated carbocycles. The SMILES string of the molecule is COc1cccc2c1C(=O)c1c(O)c3c(c(O)c1C2=O)C[C@@](O)(C(C)=O)C[C@H]3O[C@H]1C[C@@H](O)[C@@H](O)[C@H](C)O1. The van der Waals surface area contributed by atoms with Gasteiger partial charge in [0, 0.05) is 36.0 Å². The molecule has 38 heavy (non-hydrogen) atoms. The molecule has 0 bridgehead atoms. The van der Waals surface area contributed by atoms with Gasteiger partial charge in [0.2, 0.25) is 5.78 Å². The Labute approximate surface area is 217 Å². The second-order valence-electron chi connectivity index (χ2n) is 10.0. The number of aromatic hydroxyl groups is 2. The van der Waals surface area contributed by atoms with Gasteiger partial charge in [-0.15, -0.1) is 0 Å². The minimum absolute atomic E-state index is 0.0286. The number of aliphatic hydroxyl groups is 3. The van der Waals surface area contributed by atoms with Crippen LogP contribution in [0.5, 0.6) is 17.2 Å². The van der Waals surface area contributed by atoms with Crippen LogP contribution in [-0.4, -0.2) is 80.2 Å². The largest absolute Gasteiger partial charge is 0.507 e. The molecular weight excluding hydrogens is 500 g/mol. The van der Waals surface area contributed by atoms with Crippen molar-refractivity contribution in [3.63, 3.8) is 0 Å². The van der Waals surface area contributed by atoms with Crippen LogP contribution < -0.4 is 4.74 Å². The lowest BCUT2D eigenvalue weighted by atomic mass is 9.72. The maximum Gasteiger partial charge on any atom is 0.202 e. The number of phenols is 2. The van der Waals surface area contributed by atoms with Crippen molar-refractivity contribution in [2.45, 2.75) is 69.4 Å². The molecule has 1 fully saturated rings. The number of fused-ring (bicyclic) bond motifs is 3. The van der Waals surface area contributed by atoms with Gasteiger partial charge in [0.25, 0.3) is 0 Å². The molecule has 5 N–H and O–H groups in total. The van der Waals surface area contributed by atoms with Gasteiger partial charge in [0.05, 0.1) is 42.1 Å². The molecule has 11 nitrogen and oxygen atoms in total. The molecule has 0 radical (unpaired) electrons. The van der Waals surface area contributed by atoms with Gasteiger partial charge in [-0.3, -0.25) is 14.4 Å². The van der Waals surface area contributed by atoms with Crippen LogP contribution in [0.2, 0.25) is 0 Å². The molecule has 0 unspecified atom stereocenters. The van der Waals surface area contributed by atoms with Gasteiger partial charge >= 0.3 is 0 Å². The first kappa shape index (κ1) is 26.3. The Morgan fingerprint density at radius 3 is 2.39 bits per heavy atom. The first-order valence-corrected chi connectivity index (χ1v) is 12.2. The minimum Gasteiger partial charge on any atom is -0.507 e. The fraction of sp³-hybridized carbons (Fsp3) is 0.444. The van der Waals surface area contributed by atoms with E-state index in [1.807, 2.05) is 0 Å². The standard InChI is InChI=1S/C27H28O11/c1-10-22(30)14(29)7-17(37-10)38-16-9-27(35,11(2)28)8-13-19(16)26(34)21-20(24(13)32)23(31)12-5-4-6-15(36-3)18(12)25(21)33/h4-6,10,14,16-17,22,29-30,32,34-35H,7-9H2,1-3H3/t10-,14+,16+,17-,22-,27-/m0/s1. The Kier molecular flexibility index (Phi) is 6.32. The zero-order valence-electron chi connectivity index (χ0n) is 20.9. The highest BCUT2D eigenvalue weighted by Crippen LogP contribution is 2.52. The third kappa shape index (κ3) is 3.81. The lowest BCUT2D eigenvalue weighted by Crippen LogP contribution is -2.49. The first-order chi connectivity index (χ1) is 17.9. The van der Waals surface area contributed by atoms with Crippen LogP contribution in [0.25, 0.3) is 0 Å². The molecule has 2 aromatic rings. The third-order valence-electron chi connectivity index (χ3n) is 7.72. The average Bonchev–Trinajstić information content (AvgIpc) is 2.87. The second kappa shape index (κ2) is 9.14. The van der Waals surface area contributed by atoms with Gasteiger partial charge in [0.1, 0.15) is 29.0 Å². The fourth-order valence-corrected chi connectivity index (χ4v) is 5.60. The van der Waals surface area contributed by atoms with Crippen LogP contribution in [0.1, 0.15) is 75.8 Å². The van der Waals surface area contributed by atoms with E-state index in [4.69, 9.17) is 14.2 Å². The van der Waals surface area contributed by atoms with Crippen molar-refractivity contribution in [2.24, 2.45) is 0 Å². The van der Waals surface area contributed by atoms with E-state index >= 15 is 0 Å². The summed E-state index contributed by atoms with van der Waals surface area (Å²) in [5, 5.41) is 54.1. The van der Waals surface area contributed by atoms with E-state index in [-0.39, 0.29) is 40.8 Å². The number of hydrogen-bond donors (Lipinski definition) is 5.